The van der Waals surface area contributed by atoms with E-state index < -0.39 is 17.9 Å². The van der Waals surface area contributed by atoms with Gasteiger partial charge in [-0.15, -0.1) is 11.3 Å². The molecule has 0 fully saturated rings. The third-order valence-corrected chi connectivity index (χ3v) is 4.63. The van der Waals surface area contributed by atoms with E-state index in [0.29, 0.717) is 5.01 Å². The van der Waals surface area contributed by atoms with E-state index in [2.05, 4.69) is 20.5 Å². The van der Waals surface area contributed by atoms with Gasteiger partial charge < -0.3 is 26.0 Å². The first-order valence-corrected chi connectivity index (χ1v) is 8.27. The Kier molecular flexibility index (Phi) is 6.23. The minimum absolute atomic E-state index is 0.0369. The number of nitrogens with two attached hydrogens (primary N) is 1. The number of carbonyl (C=O) groups excluding carboxylic acids is 3. The SMILES string of the molecule is COC[C@H](CNC(=O)C(N)=O)NC(=O)c1nc2c(s1)CN(C)CC2. The van der Waals surface area contributed by atoms with Gasteiger partial charge in [0.2, 0.25) is 0 Å². The molecule has 0 aromatic carbocycles. The summed E-state index contributed by atoms with van der Waals surface area (Å²) in [6.45, 7) is 1.92. The molecular formula is C14H21N5O4S. The molecule has 1 aromatic heterocycles. The molecule has 0 saturated carbocycles. The van der Waals surface area contributed by atoms with Crippen LogP contribution in [0.1, 0.15) is 20.4 Å². The molecule has 0 bridgehead atoms. The van der Waals surface area contributed by atoms with E-state index in [1.165, 1.54) is 18.4 Å². The molecule has 0 aliphatic carbocycles. The van der Waals surface area contributed by atoms with Gasteiger partial charge in [0.15, 0.2) is 5.01 Å². The summed E-state index contributed by atoms with van der Waals surface area (Å²) in [4.78, 5) is 42.0. The molecule has 2 rings (SSSR count). The Morgan fingerprint density at radius 1 is 1.46 bits per heavy atom. The van der Waals surface area contributed by atoms with Crippen molar-refractivity contribution in [2.45, 2.75) is 19.0 Å². The Labute approximate surface area is 143 Å². The number of primary amides is 1. The highest BCUT2D eigenvalue weighted by Gasteiger charge is 2.23. The van der Waals surface area contributed by atoms with Crippen LogP contribution in [0.25, 0.3) is 0 Å². The second-order valence-corrected chi connectivity index (χ2v) is 6.66. The van der Waals surface area contributed by atoms with E-state index in [0.717, 1.165) is 30.1 Å². The van der Waals surface area contributed by atoms with Gasteiger partial charge >= 0.3 is 11.8 Å². The molecule has 0 unspecified atom stereocenters. The molecule has 3 amide bonds. The zero-order chi connectivity index (χ0) is 17.7. The van der Waals surface area contributed by atoms with Crippen LogP contribution in [0.5, 0.6) is 0 Å². The number of rotatable bonds is 6. The van der Waals surface area contributed by atoms with Gasteiger partial charge in [-0.1, -0.05) is 0 Å². The average Bonchev–Trinajstić information content (AvgIpc) is 2.95. The Morgan fingerprint density at radius 3 is 2.88 bits per heavy atom. The van der Waals surface area contributed by atoms with E-state index in [9.17, 15) is 14.4 Å². The molecular weight excluding hydrogens is 334 g/mol. The van der Waals surface area contributed by atoms with Gasteiger partial charge in [-0.2, -0.15) is 0 Å². The molecule has 132 valence electrons. The predicted molar refractivity (Wildman–Crippen MR) is 87.5 cm³/mol. The van der Waals surface area contributed by atoms with Crippen LogP contribution in [0.2, 0.25) is 0 Å². The summed E-state index contributed by atoms with van der Waals surface area (Å²) in [5.74, 6) is -2.31. The summed E-state index contributed by atoms with van der Waals surface area (Å²) < 4.78 is 5.02. The van der Waals surface area contributed by atoms with E-state index in [4.69, 9.17) is 10.5 Å². The summed E-state index contributed by atoms with van der Waals surface area (Å²) in [5, 5.41) is 5.49. The van der Waals surface area contributed by atoms with Gasteiger partial charge in [0.05, 0.1) is 18.3 Å². The van der Waals surface area contributed by atoms with Crippen molar-refractivity contribution in [1.82, 2.24) is 20.5 Å². The first-order chi connectivity index (χ1) is 11.4. The maximum Gasteiger partial charge on any atom is 0.309 e. The number of ether oxygens (including phenoxy) is 1. The largest absolute Gasteiger partial charge is 0.382 e. The highest BCUT2D eigenvalue weighted by molar-refractivity contribution is 7.13. The first-order valence-electron chi connectivity index (χ1n) is 7.45. The smallest absolute Gasteiger partial charge is 0.309 e. The fourth-order valence-corrected chi connectivity index (χ4v) is 3.41. The lowest BCUT2D eigenvalue weighted by atomic mass is 10.2. The number of nitrogens with zero attached hydrogens (tertiary/aromatic N) is 2. The van der Waals surface area contributed by atoms with Crippen molar-refractivity contribution in [2.24, 2.45) is 5.73 Å². The molecule has 2 heterocycles. The number of carbonyl (C=O) groups is 3. The second kappa shape index (κ2) is 8.18. The minimum atomic E-state index is -1.07. The quantitative estimate of drug-likeness (QED) is 0.532. The normalized spacial score (nSPS) is 15.4. The maximum atomic E-state index is 12.4. The van der Waals surface area contributed by atoms with Gasteiger partial charge in [0.25, 0.3) is 5.91 Å². The molecule has 4 N–H and O–H groups in total. The molecule has 1 aliphatic heterocycles. The van der Waals surface area contributed by atoms with Crippen LogP contribution in [0.3, 0.4) is 0 Å². The van der Waals surface area contributed by atoms with Crippen LogP contribution < -0.4 is 16.4 Å². The number of likely N-dealkylation sites (N-methyl/N-ethyl adjacent to an activating group) is 1. The van der Waals surface area contributed by atoms with Crippen LogP contribution in [-0.2, 0) is 27.3 Å². The van der Waals surface area contributed by atoms with Crippen molar-refractivity contribution in [3.8, 4) is 0 Å². The second-order valence-electron chi connectivity index (χ2n) is 5.58. The molecule has 24 heavy (non-hydrogen) atoms. The first kappa shape index (κ1) is 18.3. The number of nitrogens with one attached hydrogen (secondary N) is 2. The Morgan fingerprint density at radius 2 is 2.21 bits per heavy atom. The Bertz CT molecular complexity index is 633. The molecule has 0 radical (unpaired) electrons. The van der Waals surface area contributed by atoms with Crippen molar-refractivity contribution in [1.29, 1.82) is 0 Å². The van der Waals surface area contributed by atoms with Gasteiger partial charge in [0.1, 0.15) is 0 Å². The number of hydrogen-bond acceptors (Lipinski definition) is 7. The van der Waals surface area contributed by atoms with Crippen LogP contribution in [-0.4, -0.2) is 67.5 Å². The Balaban J connectivity index is 1.97. The molecule has 1 aromatic rings. The lowest BCUT2D eigenvalue weighted by molar-refractivity contribution is -0.137. The maximum absolute atomic E-state index is 12.4. The van der Waals surface area contributed by atoms with Crippen LogP contribution in [0.15, 0.2) is 0 Å². The van der Waals surface area contributed by atoms with Gasteiger partial charge in [-0.3, -0.25) is 14.4 Å². The lowest BCUT2D eigenvalue weighted by Gasteiger charge is -2.20. The minimum Gasteiger partial charge on any atom is -0.382 e. The fraction of sp³-hybridized carbons (Fsp3) is 0.571. The summed E-state index contributed by atoms with van der Waals surface area (Å²) in [6, 6.07) is -0.491. The third-order valence-electron chi connectivity index (χ3n) is 3.55. The standard InChI is InChI=1S/C14H21N5O4S/c1-19-4-3-9-10(6-19)24-14(18-9)13(22)17-8(7-23-2)5-16-12(21)11(15)20/h8H,3-7H2,1-2H3,(H2,15,20)(H,16,21)(H,17,22)/t8-/m0/s1. The van der Waals surface area contributed by atoms with Crippen molar-refractivity contribution in [3.63, 3.8) is 0 Å². The topological polar surface area (TPSA) is 127 Å². The van der Waals surface area contributed by atoms with Crippen molar-refractivity contribution in [3.05, 3.63) is 15.6 Å². The van der Waals surface area contributed by atoms with Crippen LogP contribution in [0.4, 0.5) is 0 Å². The van der Waals surface area contributed by atoms with E-state index in [-0.39, 0.29) is 19.1 Å². The number of fused-ring (bicyclic) bond motifs is 1. The zero-order valence-corrected chi connectivity index (χ0v) is 14.4. The molecule has 0 spiro atoms. The van der Waals surface area contributed by atoms with E-state index in [1.807, 2.05) is 7.05 Å². The van der Waals surface area contributed by atoms with Crippen LogP contribution >= 0.6 is 11.3 Å². The molecule has 0 saturated heterocycles. The van der Waals surface area contributed by atoms with E-state index >= 15 is 0 Å². The van der Waals surface area contributed by atoms with Gasteiger partial charge in [0, 0.05) is 38.0 Å². The highest BCUT2D eigenvalue weighted by atomic mass is 32.1. The van der Waals surface area contributed by atoms with Gasteiger partial charge in [-0.05, 0) is 7.05 Å². The number of amides is 3. The fourth-order valence-electron chi connectivity index (χ4n) is 2.32. The molecule has 9 nitrogen and oxygen atoms in total. The number of thiazole rings is 1. The third kappa shape index (κ3) is 4.73. The van der Waals surface area contributed by atoms with Crippen molar-refractivity contribution in [2.75, 3.05) is 33.9 Å². The molecule has 1 aliphatic rings. The number of hydrogen-bond donors (Lipinski definition) is 3. The molecule has 1 atom stereocenters. The van der Waals surface area contributed by atoms with E-state index in [1.54, 1.807) is 0 Å². The van der Waals surface area contributed by atoms with Crippen LogP contribution in [0, 0.1) is 0 Å². The zero-order valence-electron chi connectivity index (χ0n) is 13.6. The summed E-state index contributed by atoms with van der Waals surface area (Å²) in [6.07, 6.45) is 0.825. The van der Waals surface area contributed by atoms with Crippen molar-refractivity contribution >= 4 is 29.1 Å². The highest BCUT2D eigenvalue weighted by Crippen LogP contribution is 2.24. The summed E-state index contributed by atoms with van der Waals surface area (Å²) in [5.41, 5.74) is 5.84. The van der Waals surface area contributed by atoms with Gasteiger partial charge in [-0.25, -0.2) is 4.98 Å². The number of methoxy groups -OCH3 is 1. The average molecular weight is 355 g/mol. The van der Waals surface area contributed by atoms with Crippen molar-refractivity contribution < 1.29 is 19.1 Å². The monoisotopic (exact) mass is 355 g/mol. The summed E-state index contributed by atoms with van der Waals surface area (Å²) >= 11 is 1.37. The lowest BCUT2D eigenvalue weighted by Crippen LogP contribution is -2.48. The predicted octanol–water partition coefficient (Wildman–Crippen LogP) is -1.52. The summed E-state index contributed by atoms with van der Waals surface area (Å²) in [7, 11) is 3.51. The molecule has 10 heteroatoms. The number of aromatic nitrogens is 1. The Hall–Kier alpha value is -2.04.